The van der Waals surface area contributed by atoms with Crippen LogP contribution in [0.4, 0.5) is 0 Å². The summed E-state index contributed by atoms with van der Waals surface area (Å²) >= 11 is 1.65. The maximum absolute atomic E-state index is 9.67. The molecule has 4 heteroatoms. The van der Waals surface area contributed by atoms with E-state index in [1.54, 1.807) is 11.3 Å². The molecule has 0 aliphatic carbocycles. The zero-order valence-corrected chi connectivity index (χ0v) is 11.1. The molecule has 2 atom stereocenters. The van der Waals surface area contributed by atoms with E-state index in [4.69, 9.17) is 4.74 Å². The Labute approximate surface area is 105 Å². The fourth-order valence-electron chi connectivity index (χ4n) is 1.72. The molecular weight excluding hydrogens is 234 g/mol. The number of aryl methyl sites for hydroxylation is 1. The summed E-state index contributed by atoms with van der Waals surface area (Å²) in [6.07, 6.45) is 0.0867. The predicted octanol–water partition coefficient (Wildman–Crippen LogP) is 3.14. The smallest absolute Gasteiger partial charge is 0.122 e. The van der Waals surface area contributed by atoms with E-state index in [1.807, 2.05) is 39.0 Å². The van der Waals surface area contributed by atoms with Crippen molar-refractivity contribution in [2.24, 2.45) is 0 Å². The molecule has 0 amide bonds. The Bertz CT molecular complexity index is 509. The second kappa shape index (κ2) is 5.02. The van der Waals surface area contributed by atoms with Crippen molar-refractivity contribution < 1.29 is 9.84 Å². The molecule has 0 saturated carbocycles. The van der Waals surface area contributed by atoms with Gasteiger partial charge >= 0.3 is 0 Å². The first kappa shape index (κ1) is 12.3. The Morgan fingerprint density at radius 2 is 2.24 bits per heavy atom. The van der Waals surface area contributed by atoms with Crippen LogP contribution < -0.4 is 4.74 Å². The van der Waals surface area contributed by atoms with Crippen LogP contribution in [0.5, 0.6) is 5.75 Å². The molecule has 2 rings (SSSR count). The van der Waals surface area contributed by atoms with Gasteiger partial charge in [-0.05, 0) is 38.5 Å². The lowest BCUT2D eigenvalue weighted by Gasteiger charge is -2.19. The minimum absolute atomic E-state index is 0.188. The molecule has 0 aliphatic rings. The van der Waals surface area contributed by atoms with Crippen LogP contribution in [-0.4, -0.2) is 22.3 Å². The highest BCUT2D eigenvalue weighted by atomic mass is 32.1. The minimum Gasteiger partial charge on any atom is -0.488 e. The monoisotopic (exact) mass is 251 g/mol. The lowest BCUT2D eigenvalue weighted by Crippen LogP contribution is -2.27. The van der Waals surface area contributed by atoms with Crippen LogP contribution >= 0.6 is 11.3 Å². The van der Waals surface area contributed by atoms with Gasteiger partial charge in [0, 0.05) is 0 Å². The number of aliphatic hydroxyl groups excluding tert-OH is 1. The number of rotatable bonds is 4. The number of hydrogen-bond acceptors (Lipinski definition) is 4. The molecule has 1 aromatic heterocycles. The topological polar surface area (TPSA) is 42.4 Å². The van der Waals surface area contributed by atoms with Crippen molar-refractivity contribution in [3.63, 3.8) is 0 Å². The number of aliphatic hydroxyl groups is 1. The number of hydrogen-bond donors (Lipinski definition) is 1. The summed E-state index contributed by atoms with van der Waals surface area (Å²) in [6.45, 7) is 5.82. The Balaban J connectivity index is 2.18. The molecule has 0 radical (unpaired) electrons. The largest absolute Gasteiger partial charge is 0.488 e. The zero-order chi connectivity index (χ0) is 12.4. The Morgan fingerprint density at radius 3 is 2.94 bits per heavy atom. The first-order chi connectivity index (χ1) is 8.10. The molecule has 0 aliphatic heterocycles. The predicted molar refractivity (Wildman–Crippen MR) is 70.7 cm³/mol. The average molecular weight is 251 g/mol. The van der Waals surface area contributed by atoms with Crippen molar-refractivity contribution in [2.75, 3.05) is 0 Å². The maximum Gasteiger partial charge on any atom is 0.122 e. The summed E-state index contributed by atoms with van der Waals surface area (Å²) in [5.41, 5.74) is 1.00. The van der Waals surface area contributed by atoms with Crippen molar-refractivity contribution in [3.8, 4) is 5.75 Å². The van der Waals surface area contributed by atoms with Gasteiger partial charge in [-0.2, -0.15) is 0 Å². The molecule has 1 N–H and O–H groups in total. The SMILES string of the molecule is CCC(O)C(C)Oc1ccc2nc(C)sc2c1. The summed E-state index contributed by atoms with van der Waals surface area (Å²) in [7, 11) is 0. The summed E-state index contributed by atoms with van der Waals surface area (Å²) in [6, 6.07) is 5.85. The number of nitrogens with zero attached hydrogens (tertiary/aromatic N) is 1. The van der Waals surface area contributed by atoms with E-state index in [-0.39, 0.29) is 6.10 Å². The number of thiazole rings is 1. The fourth-order valence-corrected chi connectivity index (χ4v) is 2.57. The van der Waals surface area contributed by atoms with Crippen LogP contribution in [0.3, 0.4) is 0 Å². The number of aromatic nitrogens is 1. The molecule has 3 nitrogen and oxygen atoms in total. The van der Waals surface area contributed by atoms with E-state index in [0.717, 1.165) is 21.0 Å². The molecule has 2 unspecified atom stereocenters. The van der Waals surface area contributed by atoms with Crippen LogP contribution in [-0.2, 0) is 0 Å². The van der Waals surface area contributed by atoms with Crippen molar-refractivity contribution in [1.29, 1.82) is 0 Å². The molecule has 1 aromatic carbocycles. The normalized spacial score (nSPS) is 14.8. The lowest BCUT2D eigenvalue weighted by molar-refractivity contribution is 0.0452. The highest BCUT2D eigenvalue weighted by Gasteiger charge is 2.14. The van der Waals surface area contributed by atoms with Gasteiger partial charge in [0.2, 0.25) is 0 Å². The number of ether oxygens (including phenoxy) is 1. The molecular formula is C13H17NO2S. The van der Waals surface area contributed by atoms with Gasteiger partial charge in [-0.25, -0.2) is 4.98 Å². The van der Waals surface area contributed by atoms with Crippen molar-refractivity contribution in [3.05, 3.63) is 23.2 Å². The summed E-state index contributed by atoms with van der Waals surface area (Å²) in [5, 5.41) is 10.7. The van der Waals surface area contributed by atoms with Gasteiger partial charge in [-0.3, -0.25) is 0 Å². The highest BCUT2D eigenvalue weighted by molar-refractivity contribution is 7.18. The zero-order valence-electron chi connectivity index (χ0n) is 10.3. The average Bonchev–Trinajstić information content (AvgIpc) is 2.67. The Morgan fingerprint density at radius 1 is 1.47 bits per heavy atom. The van der Waals surface area contributed by atoms with Gasteiger partial charge in [-0.1, -0.05) is 6.92 Å². The third-order valence-electron chi connectivity index (χ3n) is 2.75. The van der Waals surface area contributed by atoms with E-state index >= 15 is 0 Å². The minimum atomic E-state index is -0.422. The first-order valence-corrected chi connectivity index (χ1v) is 6.63. The Hall–Kier alpha value is -1.13. The second-order valence-corrected chi connectivity index (χ2v) is 5.40. The molecule has 92 valence electrons. The van der Waals surface area contributed by atoms with Crippen molar-refractivity contribution in [1.82, 2.24) is 4.98 Å². The van der Waals surface area contributed by atoms with E-state index in [1.165, 1.54) is 0 Å². The number of fused-ring (bicyclic) bond motifs is 1. The maximum atomic E-state index is 9.67. The van der Waals surface area contributed by atoms with Gasteiger partial charge < -0.3 is 9.84 Å². The molecule has 0 fully saturated rings. The van der Waals surface area contributed by atoms with Gasteiger partial charge in [0.15, 0.2) is 0 Å². The second-order valence-electron chi connectivity index (χ2n) is 4.16. The van der Waals surface area contributed by atoms with Gasteiger partial charge in [0.25, 0.3) is 0 Å². The third kappa shape index (κ3) is 2.76. The van der Waals surface area contributed by atoms with Crippen LogP contribution in [0, 0.1) is 6.92 Å². The van der Waals surface area contributed by atoms with E-state index in [2.05, 4.69) is 4.98 Å². The molecule has 17 heavy (non-hydrogen) atoms. The molecule has 2 aromatic rings. The van der Waals surface area contributed by atoms with Crippen molar-refractivity contribution in [2.45, 2.75) is 39.4 Å². The molecule has 1 heterocycles. The summed E-state index contributed by atoms with van der Waals surface area (Å²) < 4.78 is 6.84. The van der Waals surface area contributed by atoms with Gasteiger partial charge in [0.1, 0.15) is 11.9 Å². The Kier molecular flexibility index (Phi) is 3.64. The molecule has 0 spiro atoms. The van der Waals surface area contributed by atoms with Gasteiger partial charge in [0.05, 0.1) is 21.3 Å². The quantitative estimate of drug-likeness (QED) is 0.907. The summed E-state index contributed by atoms with van der Waals surface area (Å²) in [4.78, 5) is 4.40. The van der Waals surface area contributed by atoms with Crippen LogP contribution in [0.15, 0.2) is 18.2 Å². The molecule has 0 bridgehead atoms. The standard InChI is InChI=1S/C13H17NO2S/c1-4-12(15)8(2)16-10-5-6-11-13(7-10)17-9(3)14-11/h5-8,12,15H,4H2,1-3H3. The van der Waals surface area contributed by atoms with E-state index in [0.29, 0.717) is 6.42 Å². The summed E-state index contributed by atoms with van der Waals surface area (Å²) in [5.74, 6) is 0.793. The number of benzene rings is 1. The lowest BCUT2D eigenvalue weighted by atomic mass is 10.2. The van der Waals surface area contributed by atoms with Crippen LogP contribution in [0.1, 0.15) is 25.3 Å². The van der Waals surface area contributed by atoms with E-state index in [9.17, 15) is 5.11 Å². The van der Waals surface area contributed by atoms with Gasteiger partial charge in [-0.15, -0.1) is 11.3 Å². The van der Waals surface area contributed by atoms with Crippen molar-refractivity contribution >= 4 is 21.6 Å². The van der Waals surface area contributed by atoms with Crippen LogP contribution in [0.25, 0.3) is 10.2 Å². The van der Waals surface area contributed by atoms with Crippen LogP contribution in [0.2, 0.25) is 0 Å². The first-order valence-electron chi connectivity index (χ1n) is 5.82. The van der Waals surface area contributed by atoms with E-state index < -0.39 is 6.10 Å². The highest BCUT2D eigenvalue weighted by Crippen LogP contribution is 2.26. The fraction of sp³-hybridized carbons (Fsp3) is 0.462. The third-order valence-corrected chi connectivity index (χ3v) is 3.68. The molecule has 0 saturated heterocycles.